The first-order valence-corrected chi connectivity index (χ1v) is 7.27. The lowest BCUT2D eigenvalue weighted by Crippen LogP contribution is -2.31. The Bertz CT molecular complexity index is 410. The van der Waals surface area contributed by atoms with Gasteiger partial charge < -0.3 is 9.88 Å². The summed E-state index contributed by atoms with van der Waals surface area (Å²) in [5, 5.41) is 3.01. The van der Waals surface area contributed by atoms with Gasteiger partial charge in [-0.25, -0.2) is 0 Å². The summed E-state index contributed by atoms with van der Waals surface area (Å²) in [5.74, 6) is 1.07. The van der Waals surface area contributed by atoms with Crippen LogP contribution in [-0.4, -0.2) is 17.0 Å². The van der Waals surface area contributed by atoms with Crippen LogP contribution in [0.1, 0.15) is 51.1 Å². The van der Waals surface area contributed by atoms with Crippen molar-refractivity contribution in [2.24, 2.45) is 11.8 Å². The molecular weight excluding hydrogens is 292 g/mol. The molecule has 0 aliphatic rings. The van der Waals surface area contributed by atoms with Gasteiger partial charge in [0.1, 0.15) is 5.69 Å². The molecule has 1 amide bonds. The molecule has 1 aromatic heterocycles. The van der Waals surface area contributed by atoms with E-state index < -0.39 is 0 Å². The minimum atomic E-state index is 0.00176. The Morgan fingerprint density at radius 3 is 2.44 bits per heavy atom. The SMILES string of the molecule is CC(C)C(C)CNC(=O)c1cc(Br)cn1C(C)C. The highest BCUT2D eigenvalue weighted by Crippen LogP contribution is 2.19. The van der Waals surface area contributed by atoms with E-state index in [9.17, 15) is 4.79 Å². The number of hydrogen-bond donors (Lipinski definition) is 1. The van der Waals surface area contributed by atoms with Crippen LogP contribution in [0.2, 0.25) is 0 Å². The van der Waals surface area contributed by atoms with Gasteiger partial charge in [-0.15, -0.1) is 0 Å². The van der Waals surface area contributed by atoms with E-state index in [0.29, 0.717) is 17.5 Å². The van der Waals surface area contributed by atoms with E-state index >= 15 is 0 Å². The van der Waals surface area contributed by atoms with E-state index in [4.69, 9.17) is 0 Å². The molecule has 0 spiro atoms. The van der Waals surface area contributed by atoms with Crippen molar-refractivity contribution in [1.82, 2.24) is 9.88 Å². The van der Waals surface area contributed by atoms with Crippen molar-refractivity contribution in [2.45, 2.75) is 40.7 Å². The Hall–Kier alpha value is -0.770. The van der Waals surface area contributed by atoms with Crippen molar-refractivity contribution in [1.29, 1.82) is 0 Å². The molecule has 0 radical (unpaired) electrons. The van der Waals surface area contributed by atoms with Gasteiger partial charge in [0.05, 0.1) is 0 Å². The van der Waals surface area contributed by atoms with Crippen molar-refractivity contribution >= 4 is 21.8 Å². The van der Waals surface area contributed by atoms with E-state index in [1.165, 1.54) is 0 Å². The Morgan fingerprint density at radius 1 is 1.33 bits per heavy atom. The van der Waals surface area contributed by atoms with E-state index in [1.807, 2.05) is 16.8 Å². The Balaban J connectivity index is 2.72. The molecule has 1 rings (SSSR count). The topological polar surface area (TPSA) is 34.0 Å². The zero-order chi connectivity index (χ0) is 13.9. The number of hydrogen-bond acceptors (Lipinski definition) is 1. The summed E-state index contributed by atoms with van der Waals surface area (Å²) >= 11 is 3.42. The fourth-order valence-electron chi connectivity index (χ4n) is 1.63. The molecule has 1 atom stereocenters. The summed E-state index contributed by atoms with van der Waals surface area (Å²) in [6.07, 6.45) is 1.95. The molecule has 102 valence electrons. The van der Waals surface area contributed by atoms with Gasteiger partial charge in [-0.2, -0.15) is 0 Å². The van der Waals surface area contributed by atoms with Gasteiger partial charge in [0.2, 0.25) is 0 Å². The van der Waals surface area contributed by atoms with Gasteiger partial charge in [0, 0.05) is 23.3 Å². The maximum atomic E-state index is 12.2. The summed E-state index contributed by atoms with van der Waals surface area (Å²) in [7, 11) is 0. The highest BCUT2D eigenvalue weighted by Gasteiger charge is 2.16. The normalized spacial score (nSPS) is 13.1. The predicted octanol–water partition coefficient (Wildman–Crippen LogP) is 3.85. The Kier molecular flexibility index (Phi) is 5.45. The minimum Gasteiger partial charge on any atom is -0.350 e. The number of nitrogens with one attached hydrogen (secondary N) is 1. The molecule has 1 heterocycles. The van der Waals surface area contributed by atoms with Gasteiger partial charge in [-0.3, -0.25) is 4.79 Å². The molecule has 1 unspecified atom stereocenters. The first-order valence-electron chi connectivity index (χ1n) is 6.48. The van der Waals surface area contributed by atoms with Crippen molar-refractivity contribution in [2.75, 3.05) is 6.54 Å². The first kappa shape index (κ1) is 15.3. The largest absolute Gasteiger partial charge is 0.350 e. The molecular formula is C14H23BrN2O. The number of carbonyl (C=O) groups excluding carboxylic acids is 1. The number of nitrogens with zero attached hydrogens (tertiary/aromatic N) is 1. The molecule has 0 saturated heterocycles. The van der Waals surface area contributed by atoms with Crippen molar-refractivity contribution in [3.05, 3.63) is 22.4 Å². The molecule has 0 bridgehead atoms. The van der Waals surface area contributed by atoms with E-state index in [2.05, 4.69) is 55.9 Å². The number of halogens is 1. The number of carbonyl (C=O) groups is 1. The lowest BCUT2D eigenvalue weighted by atomic mass is 9.98. The standard InChI is InChI=1S/C14H23BrN2O/c1-9(2)11(5)7-16-14(18)13-6-12(15)8-17(13)10(3)4/h6,8-11H,7H2,1-5H3,(H,16,18). The second kappa shape index (κ2) is 6.41. The van der Waals surface area contributed by atoms with Crippen LogP contribution in [0.4, 0.5) is 0 Å². The van der Waals surface area contributed by atoms with Crippen molar-refractivity contribution in [3.63, 3.8) is 0 Å². The van der Waals surface area contributed by atoms with Crippen molar-refractivity contribution in [3.8, 4) is 0 Å². The van der Waals surface area contributed by atoms with Crippen LogP contribution >= 0.6 is 15.9 Å². The summed E-state index contributed by atoms with van der Waals surface area (Å²) in [6, 6.07) is 2.15. The summed E-state index contributed by atoms with van der Waals surface area (Å²) < 4.78 is 2.93. The van der Waals surface area contributed by atoms with E-state index in [0.717, 1.165) is 11.0 Å². The van der Waals surface area contributed by atoms with Crippen LogP contribution in [0.3, 0.4) is 0 Å². The highest BCUT2D eigenvalue weighted by atomic mass is 79.9. The fraction of sp³-hybridized carbons (Fsp3) is 0.643. The van der Waals surface area contributed by atoms with Gasteiger partial charge >= 0.3 is 0 Å². The van der Waals surface area contributed by atoms with Crippen LogP contribution in [-0.2, 0) is 0 Å². The monoisotopic (exact) mass is 314 g/mol. The van der Waals surface area contributed by atoms with Gasteiger partial charge in [0.15, 0.2) is 0 Å². The van der Waals surface area contributed by atoms with Gasteiger partial charge in [0.25, 0.3) is 5.91 Å². The van der Waals surface area contributed by atoms with Gasteiger partial charge in [-0.1, -0.05) is 20.8 Å². The summed E-state index contributed by atoms with van der Waals surface area (Å²) in [6.45, 7) is 11.4. The molecule has 0 aliphatic carbocycles. The average Bonchev–Trinajstić information content (AvgIpc) is 2.67. The molecule has 0 aromatic carbocycles. The third kappa shape index (κ3) is 3.87. The Labute approximate surface area is 118 Å². The second-order valence-corrected chi connectivity index (χ2v) is 6.39. The molecule has 1 N–H and O–H groups in total. The van der Waals surface area contributed by atoms with Crippen LogP contribution < -0.4 is 5.32 Å². The lowest BCUT2D eigenvalue weighted by molar-refractivity contribution is 0.0934. The van der Waals surface area contributed by atoms with E-state index in [-0.39, 0.29) is 11.9 Å². The van der Waals surface area contributed by atoms with Crippen LogP contribution in [0.15, 0.2) is 16.7 Å². The number of rotatable bonds is 5. The quantitative estimate of drug-likeness (QED) is 0.880. The molecule has 0 fully saturated rings. The maximum absolute atomic E-state index is 12.2. The third-order valence-corrected chi connectivity index (χ3v) is 3.76. The zero-order valence-electron chi connectivity index (χ0n) is 11.8. The van der Waals surface area contributed by atoms with Crippen LogP contribution in [0.5, 0.6) is 0 Å². The molecule has 3 nitrogen and oxygen atoms in total. The number of aromatic nitrogens is 1. The van der Waals surface area contributed by atoms with Crippen LogP contribution in [0, 0.1) is 11.8 Å². The highest BCUT2D eigenvalue weighted by molar-refractivity contribution is 9.10. The first-order chi connectivity index (χ1) is 8.32. The van der Waals surface area contributed by atoms with Crippen molar-refractivity contribution < 1.29 is 4.79 Å². The van der Waals surface area contributed by atoms with E-state index in [1.54, 1.807) is 0 Å². The fourth-order valence-corrected chi connectivity index (χ4v) is 2.07. The second-order valence-electron chi connectivity index (χ2n) is 5.48. The Morgan fingerprint density at radius 2 is 1.94 bits per heavy atom. The number of amides is 1. The summed E-state index contributed by atoms with van der Waals surface area (Å²) in [5.41, 5.74) is 0.716. The third-order valence-electron chi connectivity index (χ3n) is 3.33. The maximum Gasteiger partial charge on any atom is 0.267 e. The van der Waals surface area contributed by atoms with Crippen LogP contribution in [0.25, 0.3) is 0 Å². The summed E-state index contributed by atoms with van der Waals surface area (Å²) in [4.78, 5) is 12.2. The smallest absolute Gasteiger partial charge is 0.267 e. The molecule has 0 saturated carbocycles. The lowest BCUT2D eigenvalue weighted by Gasteiger charge is -2.17. The zero-order valence-corrected chi connectivity index (χ0v) is 13.4. The van der Waals surface area contributed by atoms with Gasteiger partial charge in [-0.05, 0) is 47.7 Å². The average molecular weight is 315 g/mol. The molecule has 4 heteroatoms. The predicted molar refractivity (Wildman–Crippen MR) is 78.9 cm³/mol. The molecule has 18 heavy (non-hydrogen) atoms. The molecule has 0 aliphatic heterocycles. The minimum absolute atomic E-state index is 0.00176. The molecule has 1 aromatic rings.